The number of hydrogen-bond donors (Lipinski definition) is 0. The molecule has 0 aliphatic heterocycles. The Morgan fingerprint density at radius 1 is 0.833 bits per heavy atom. The summed E-state index contributed by atoms with van der Waals surface area (Å²) in [5.41, 5.74) is 0.286. The molecule has 4 heteroatoms. The second-order valence-electron chi connectivity index (χ2n) is 10.3. The fourth-order valence-corrected chi connectivity index (χ4v) is 2.97. The van der Waals surface area contributed by atoms with Crippen LogP contribution < -0.4 is 0 Å². The van der Waals surface area contributed by atoms with E-state index in [1.807, 2.05) is 34.6 Å². The van der Waals surface area contributed by atoms with Crippen LogP contribution in [0.5, 0.6) is 0 Å². The molecule has 0 radical (unpaired) electrons. The van der Waals surface area contributed by atoms with Crippen LogP contribution in [-0.4, -0.2) is 43.7 Å². The van der Waals surface area contributed by atoms with Crippen LogP contribution >= 0.6 is 0 Å². The maximum Gasteiger partial charge on any atom is 0.306 e. The molecule has 4 nitrogen and oxygen atoms in total. The summed E-state index contributed by atoms with van der Waals surface area (Å²) in [4.78, 5) is 14.2. The summed E-state index contributed by atoms with van der Waals surface area (Å²) in [6.07, 6.45) is 6.85. The predicted octanol–water partition coefficient (Wildman–Crippen LogP) is 7.23. The highest BCUT2D eigenvalue weighted by molar-refractivity contribution is 5.70. The highest BCUT2D eigenvalue weighted by Crippen LogP contribution is 2.19. The maximum absolute atomic E-state index is 11.7. The fourth-order valence-electron chi connectivity index (χ4n) is 2.97. The van der Waals surface area contributed by atoms with Crippen LogP contribution in [0.25, 0.3) is 0 Å². The molecule has 0 heterocycles. The van der Waals surface area contributed by atoms with Gasteiger partial charge in [0, 0.05) is 19.5 Å². The van der Waals surface area contributed by atoms with Gasteiger partial charge in [-0.2, -0.15) is 0 Å². The molecular weight excluding hydrogens is 374 g/mol. The maximum atomic E-state index is 11.7. The van der Waals surface area contributed by atoms with Gasteiger partial charge in [-0.3, -0.25) is 4.79 Å². The van der Waals surface area contributed by atoms with E-state index in [9.17, 15) is 4.79 Å². The van der Waals surface area contributed by atoms with Crippen molar-refractivity contribution in [1.29, 1.82) is 0 Å². The van der Waals surface area contributed by atoms with Crippen molar-refractivity contribution < 1.29 is 14.3 Å². The summed E-state index contributed by atoms with van der Waals surface area (Å²) in [7, 11) is 0. The molecule has 0 amide bonds. The minimum absolute atomic E-state index is 0.0185. The third-order valence-corrected chi connectivity index (χ3v) is 4.27. The SMILES string of the molecule is C=C(CCN(CCCCC)CC(C)(C)C)OCCCCOC(=O)CC(C)(C)C.CC. The first-order valence-corrected chi connectivity index (χ1v) is 12.1. The van der Waals surface area contributed by atoms with E-state index in [4.69, 9.17) is 9.47 Å². The normalized spacial score (nSPS) is 11.7. The van der Waals surface area contributed by atoms with E-state index in [1.54, 1.807) is 0 Å². The molecule has 0 atom stereocenters. The number of carbonyl (C=O) groups is 1. The smallest absolute Gasteiger partial charge is 0.306 e. The molecule has 0 saturated carbocycles. The molecule has 0 aromatic carbocycles. The molecule has 0 fully saturated rings. The van der Waals surface area contributed by atoms with Gasteiger partial charge in [0.2, 0.25) is 0 Å². The van der Waals surface area contributed by atoms with Gasteiger partial charge in [-0.15, -0.1) is 0 Å². The summed E-state index contributed by atoms with van der Waals surface area (Å²) in [5, 5.41) is 0. The molecule has 180 valence electrons. The molecule has 0 aliphatic carbocycles. The molecule has 0 aromatic rings. The Hall–Kier alpha value is -1.03. The lowest BCUT2D eigenvalue weighted by atomic mass is 9.92. The Morgan fingerprint density at radius 2 is 1.40 bits per heavy atom. The van der Waals surface area contributed by atoms with E-state index in [1.165, 1.54) is 19.3 Å². The van der Waals surface area contributed by atoms with Crippen molar-refractivity contribution in [3.05, 3.63) is 12.3 Å². The van der Waals surface area contributed by atoms with Crippen LogP contribution in [0.3, 0.4) is 0 Å². The zero-order valence-corrected chi connectivity index (χ0v) is 21.9. The highest BCUT2D eigenvalue weighted by Gasteiger charge is 2.17. The van der Waals surface area contributed by atoms with Crippen LogP contribution in [0.2, 0.25) is 0 Å². The van der Waals surface area contributed by atoms with Crippen LogP contribution in [0.4, 0.5) is 0 Å². The number of rotatable bonds is 15. The van der Waals surface area contributed by atoms with Gasteiger partial charge < -0.3 is 14.4 Å². The molecule has 0 spiro atoms. The standard InChI is InChI=1S/C24H47NO3.C2H6/c1-9-10-11-15-25(20-24(6,7)8)16-14-21(2)27-17-12-13-18-28-22(26)19-23(3,4)5;1-2/h2,9-20H2,1,3-8H3;1-2H3. The number of unbranched alkanes of at least 4 members (excludes halogenated alkanes) is 3. The molecular formula is C26H53NO3. The number of carbonyl (C=O) groups excluding carboxylic acids is 1. The Bertz CT molecular complexity index is 433. The lowest BCUT2D eigenvalue weighted by Gasteiger charge is -2.30. The van der Waals surface area contributed by atoms with E-state index in [-0.39, 0.29) is 11.4 Å². The van der Waals surface area contributed by atoms with Crippen molar-refractivity contribution in [3.63, 3.8) is 0 Å². The molecule has 0 unspecified atom stereocenters. The third-order valence-electron chi connectivity index (χ3n) is 4.27. The van der Waals surface area contributed by atoms with Gasteiger partial charge in [-0.1, -0.05) is 81.7 Å². The van der Waals surface area contributed by atoms with Gasteiger partial charge in [-0.25, -0.2) is 0 Å². The van der Waals surface area contributed by atoms with Gasteiger partial charge in [0.05, 0.1) is 25.4 Å². The molecule has 30 heavy (non-hydrogen) atoms. The monoisotopic (exact) mass is 427 g/mol. The summed E-state index contributed by atoms with van der Waals surface area (Å²) in [6.45, 7) is 27.7. The van der Waals surface area contributed by atoms with Crippen molar-refractivity contribution in [3.8, 4) is 0 Å². The van der Waals surface area contributed by atoms with E-state index in [0.717, 1.165) is 44.7 Å². The second kappa shape index (κ2) is 17.6. The Kier molecular flexibility index (Phi) is 18.3. The molecule has 0 aliphatic rings. The first-order valence-electron chi connectivity index (χ1n) is 12.1. The first-order chi connectivity index (χ1) is 13.9. The quantitative estimate of drug-likeness (QED) is 0.157. The summed E-state index contributed by atoms with van der Waals surface area (Å²) >= 11 is 0. The van der Waals surface area contributed by atoms with Gasteiger partial charge in [0.1, 0.15) is 0 Å². The van der Waals surface area contributed by atoms with Crippen molar-refractivity contribution in [1.82, 2.24) is 4.90 Å². The largest absolute Gasteiger partial charge is 0.499 e. The van der Waals surface area contributed by atoms with E-state index < -0.39 is 0 Å². The van der Waals surface area contributed by atoms with E-state index >= 15 is 0 Å². The van der Waals surface area contributed by atoms with Gasteiger partial charge in [-0.05, 0) is 36.6 Å². The molecule has 0 saturated heterocycles. The predicted molar refractivity (Wildman–Crippen MR) is 131 cm³/mol. The molecule has 0 aromatic heterocycles. The minimum Gasteiger partial charge on any atom is -0.499 e. The van der Waals surface area contributed by atoms with Crippen LogP contribution in [-0.2, 0) is 14.3 Å². The van der Waals surface area contributed by atoms with Crippen molar-refractivity contribution in [2.45, 2.75) is 107 Å². The number of ether oxygens (including phenoxy) is 2. The Morgan fingerprint density at radius 3 is 1.90 bits per heavy atom. The lowest BCUT2D eigenvalue weighted by Crippen LogP contribution is -2.34. The summed E-state index contributed by atoms with van der Waals surface area (Å²) in [5.74, 6) is 0.749. The zero-order valence-electron chi connectivity index (χ0n) is 21.9. The van der Waals surface area contributed by atoms with Crippen molar-refractivity contribution in [2.75, 3.05) is 32.8 Å². The fraction of sp³-hybridized carbons (Fsp3) is 0.885. The number of nitrogens with zero attached hydrogens (tertiary/aromatic N) is 1. The summed E-state index contributed by atoms with van der Waals surface area (Å²) in [6, 6.07) is 0. The summed E-state index contributed by atoms with van der Waals surface area (Å²) < 4.78 is 11.0. The zero-order chi connectivity index (χ0) is 23.6. The molecule has 0 N–H and O–H groups in total. The van der Waals surface area contributed by atoms with Crippen molar-refractivity contribution in [2.24, 2.45) is 10.8 Å². The number of hydrogen-bond acceptors (Lipinski definition) is 4. The minimum atomic E-state index is -0.111. The number of esters is 1. The van der Waals surface area contributed by atoms with Crippen LogP contribution in [0.1, 0.15) is 107 Å². The third kappa shape index (κ3) is 23.3. The van der Waals surface area contributed by atoms with E-state index in [0.29, 0.717) is 25.0 Å². The molecule has 0 bridgehead atoms. The Labute approximate surface area is 188 Å². The first kappa shape index (κ1) is 31.2. The van der Waals surface area contributed by atoms with Crippen LogP contribution in [0, 0.1) is 10.8 Å². The van der Waals surface area contributed by atoms with Crippen LogP contribution in [0.15, 0.2) is 12.3 Å². The van der Waals surface area contributed by atoms with Gasteiger partial charge in [0.25, 0.3) is 0 Å². The second-order valence-corrected chi connectivity index (χ2v) is 10.3. The average Bonchev–Trinajstić information content (AvgIpc) is 2.61. The topological polar surface area (TPSA) is 38.8 Å². The Balaban J connectivity index is 0. The highest BCUT2D eigenvalue weighted by atomic mass is 16.5. The van der Waals surface area contributed by atoms with Gasteiger partial charge in [0.15, 0.2) is 0 Å². The van der Waals surface area contributed by atoms with Gasteiger partial charge >= 0.3 is 5.97 Å². The molecule has 0 rings (SSSR count). The average molecular weight is 428 g/mol. The van der Waals surface area contributed by atoms with Crippen molar-refractivity contribution >= 4 is 5.97 Å². The lowest BCUT2D eigenvalue weighted by molar-refractivity contribution is -0.145. The van der Waals surface area contributed by atoms with E-state index in [2.05, 4.69) is 39.2 Å².